The van der Waals surface area contributed by atoms with Gasteiger partial charge in [0.2, 0.25) is 0 Å². The largest absolute Gasteiger partial charge is 0.345 e. The second-order valence-electron chi connectivity index (χ2n) is 4.95. The summed E-state index contributed by atoms with van der Waals surface area (Å²) in [5.74, 6) is 1.74. The maximum absolute atomic E-state index is 4.47. The minimum atomic E-state index is 0.178. The van der Waals surface area contributed by atoms with Crippen LogP contribution in [0.5, 0.6) is 0 Å². The topological polar surface area (TPSA) is 28.7 Å². The summed E-state index contributed by atoms with van der Waals surface area (Å²) in [4.78, 5) is 7.91. The van der Waals surface area contributed by atoms with Crippen LogP contribution in [0.1, 0.15) is 64.9 Å². The first kappa shape index (κ1) is 11.3. The molecule has 14 heavy (non-hydrogen) atoms. The molecule has 0 aliphatic carbocycles. The van der Waals surface area contributed by atoms with Crippen molar-refractivity contribution in [2.24, 2.45) is 0 Å². The molecular formula is C12H22N2. The average Bonchev–Trinajstić information content (AvgIpc) is 2.54. The van der Waals surface area contributed by atoms with E-state index in [1.807, 2.05) is 6.20 Å². The fourth-order valence-electron chi connectivity index (χ4n) is 1.60. The van der Waals surface area contributed by atoms with Crippen molar-refractivity contribution >= 4 is 0 Å². The van der Waals surface area contributed by atoms with Crippen molar-refractivity contribution in [3.63, 3.8) is 0 Å². The van der Waals surface area contributed by atoms with Crippen LogP contribution in [-0.2, 0) is 5.41 Å². The first-order chi connectivity index (χ1) is 6.49. The van der Waals surface area contributed by atoms with E-state index in [0.29, 0.717) is 5.92 Å². The Morgan fingerprint density at radius 1 is 1.29 bits per heavy atom. The molecule has 2 heteroatoms. The highest BCUT2D eigenvalue weighted by Crippen LogP contribution is 2.24. The zero-order chi connectivity index (χ0) is 10.8. The number of hydrogen-bond acceptors (Lipinski definition) is 1. The van der Waals surface area contributed by atoms with E-state index in [0.717, 1.165) is 18.7 Å². The minimum absolute atomic E-state index is 0.178. The van der Waals surface area contributed by atoms with E-state index >= 15 is 0 Å². The van der Waals surface area contributed by atoms with Gasteiger partial charge in [-0.25, -0.2) is 4.98 Å². The van der Waals surface area contributed by atoms with E-state index in [4.69, 9.17) is 0 Å². The standard InChI is InChI=1S/C12H22N2/c1-6-9(7-2)11-13-8-10(14-11)12(3,4)5/h8-9H,6-7H2,1-5H3,(H,13,14). The van der Waals surface area contributed by atoms with Crippen LogP contribution in [0.3, 0.4) is 0 Å². The zero-order valence-electron chi connectivity index (χ0n) is 10.0. The molecule has 0 atom stereocenters. The van der Waals surface area contributed by atoms with Crippen LogP contribution in [0.4, 0.5) is 0 Å². The molecule has 1 N–H and O–H groups in total. The Morgan fingerprint density at radius 2 is 1.86 bits per heavy atom. The number of aromatic amines is 1. The molecule has 1 rings (SSSR count). The molecule has 0 radical (unpaired) electrons. The van der Waals surface area contributed by atoms with Crippen molar-refractivity contribution in [2.45, 2.75) is 58.8 Å². The fraction of sp³-hybridized carbons (Fsp3) is 0.750. The molecule has 0 saturated heterocycles. The van der Waals surface area contributed by atoms with Gasteiger partial charge in [-0.3, -0.25) is 0 Å². The van der Waals surface area contributed by atoms with Crippen LogP contribution in [0, 0.1) is 0 Å². The van der Waals surface area contributed by atoms with E-state index < -0.39 is 0 Å². The molecule has 0 bridgehead atoms. The number of hydrogen-bond donors (Lipinski definition) is 1. The Kier molecular flexibility index (Phi) is 3.35. The molecular weight excluding hydrogens is 172 g/mol. The van der Waals surface area contributed by atoms with Crippen molar-refractivity contribution in [3.8, 4) is 0 Å². The summed E-state index contributed by atoms with van der Waals surface area (Å²) in [5, 5.41) is 0. The van der Waals surface area contributed by atoms with E-state index in [9.17, 15) is 0 Å². The van der Waals surface area contributed by atoms with Gasteiger partial charge in [0.15, 0.2) is 0 Å². The third-order valence-electron chi connectivity index (χ3n) is 2.78. The van der Waals surface area contributed by atoms with Crippen molar-refractivity contribution in [1.82, 2.24) is 9.97 Å². The molecule has 0 unspecified atom stereocenters. The molecule has 1 aromatic rings. The summed E-state index contributed by atoms with van der Waals surface area (Å²) in [5.41, 5.74) is 1.41. The number of imidazole rings is 1. The van der Waals surface area contributed by atoms with Gasteiger partial charge in [0.25, 0.3) is 0 Å². The lowest BCUT2D eigenvalue weighted by Crippen LogP contribution is -2.11. The Labute approximate surface area is 87.1 Å². The van der Waals surface area contributed by atoms with E-state index in [1.54, 1.807) is 0 Å². The van der Waals surface area contributed by atoms with Crippen molar-refractivity contribution in [2.75, 3.05) is 0 Å². The van der Waals surface area contributed by atoms with Crippen LogP contribution in [0.2, 0.25) is 0 Å². The van der Waals surface area contributed by atoms with Gasteiger partial charge in [-0.1, -0.05) is 34.6 Å². The Bertz CT molecular complexity index is 277. The summed E-state index contributed by atoms with van der Waals surface area (Å²) in [6, 6.07) is 0. The van der Waals surface area contributed by atoms with Gasteiger partial charge in [-0.15, -0.1) is 0 Å². The third-order valence-corrected chi connectivity index (χ3v) is 2.78. The second kappa shape index (κ2) is 4.16. The van der Waals surface area contributed by atoms with Crippen LogP contribution in [0.15, 0.2) is 6.20 Å². The molecule has 0 fully saturated rings. The quantitative estimate of drug-likeness (QED) is 0.782. The molecule has 0 aliphatic rings. The minimum Gasteiger partial charge on any atom is -0.345 e. The van der Waals surface area contributed by atoms with Crippen LogP contribution < -0.4 is 0 Å². The first-order valence-corrected chi connectivity index (χ1v) is 5.54. The monoisotopic (exact) mass is 194 g/mol. The fourth-order valence-corrected chi connectivity index (χ4v) is 1.60. The van der Waals surface area contributed by atoms with Crippen LogP contribution >= 0.6 is 0 Å². The van der Waals surface area contributed by atoms with Crippen molar-refractivity contribution < 1.29 is 0 Å². The lowest BCUT2D eigenvalue weighted by Gasteiger charge is -2.16. The summed E-state index contributed by atoms with van der Waals surface area (Å²) in [6.45, 7) is 11.0. The highest BCUT2D eigenvalue weighted by molar-refractivity contribution is 5.13. The van der Waals surface area contributed by atoms with Gasteiger partial charge in [-0.2, -0.15) is 0 Å². The van der Waals surface area contributed by atoms with Gasteiger partial charge in [0.05, 0.1) is 0 Å². The maximum atomic E-state index is 4.47. The number of rotatable bonds is 3. The molecule has 80 valence electrons. The highest BCUT2D eigenvalue weighted by atomic mass is 14.9. The van der Waals surface area contributed by atoms with E-state index in [1.165, 1.54) is 5.69 Å². The number of nitrogens with zero attached hydrogens (tertiary/aromatic N) is 1. The van der Waals surface area contributed by atoms with E-state index in [2.05, 4.69) is 44.6 Å². The first-order valence-electron chi connectivity index (χ1n) is 5.54. The van der Waals surface area contributed by atoms with Crippen molar-refractivity contribution in [1.29, 1.82) is 0 Å². The lowest BCUT2D eigenvalue weighted by atomic mass is 9.93. The Balaban J connectivity index is 2.87. The smallest absolute Gasteiger partial charge is 0.109 e. The van der Waals surface area contributed by atoms with Crippen LogP contribution in [-0.4, -0.2) is 9.97 Å². The third kappa shape index (κ3) is 2.37. The van der Waals surface area contributed by atoms with Gasteiger partial charge in [-0.05, 0) is 12.8 Å². The average molecular weight is 194 g/mol. The van der Waals surface area contributed by atoms with Gasteiger partial charge in [0.1, 0.15) is 5.82 Å². The normalized spacial score (nSPS) is 12.4. The summed E-state index contributed by atoms with van der Waals surface area (Å²) < 4.78 is 0. The zero-order valence-corrected chi connectivity index (χ0v) is 10.0. The SMILES string of the molecule is CCC(CC)c1ncc(C(C)(C)C)[nH]1. The predicted molar refractivity (Wildman–Crippen MR) is 60.6 cm³/mol. The lowest BCUT2D eigenvalue weighted by molar-refractivity contribution is 0.560. The summed E-state index contributed by atoms with van der Waals surface area (Å²) in [7, 11) is 0. The van der Waals surface area contributed by atoms with Crippen LogP contribution in [0.25, 0.3) is 0 Å². The maximum Gasteiger partial charge on any atom is 0.109 e. The predicted octanol–water partition coefficient (Wildman–Crippen LogP) is 3.61. The number of H-pyrrole nitrogens is 1. The van der Waals surface area contributed by atoms with Gasteiger partial charge in [0, 0.05) is 23.2 Å². The Morgan fingerprint density at radius 3 is 2.21 bits per heavy atom. The summed E-state index contributed by atoms with van der Waals surface area (Å²) in [6.07, 6.45) is 4.30. The molecule has 1 heterocycles. The van der Waals surface area contributed by atoms with Gasteiger partial charge >= 0.3 is 0 Å². The number of nitrogens with one attached hydrogen (secondary N) is 1. The van der Waals surface area contributed by atoms with Gasteiger partial charge < -0.3 is 4.98 Å². The molecule has 0 amide bonds. The molecule has 0 saturated carbocycles. The highest BCUT2D eigenvalue weighted by Gasteiger charge is 2.18. The van der Waals surface area contributed by atoms with E-state index in [-0.39, 0.29) is 5.41 Å². The number of aromatic nitrogens is 2. The molecule has 1 aromatic heterocycles. The molecule has 0 spiro atoms. The summed E-state index contributed by atoms with van der Waals surface area (Å²) >= 11 is 0. The second-order valence-corrected chi connectivity index (χ2v) is 4.95. The molecule has 2 nitrogen and oxygen atoms in total. The molecule has 0 aliphatic heterocycles. The van der Waals surface area contributed by atoms with Crippen molar-refractivity contribution in [3.05, 3.63) is 17.7 Å². The Hall–Kier alpha value is -0.790. The molecule has 0 aromatic carbocycles.